The lowest BCUT2D eigenvalue weighted by molar-refractivity contribution is 0.0684. The molecular weight excluding hydrogens is 308 g/mol. The van der Waals surface area contributed by atoms with Crippen molar-refractivity contribution in [3.05, 3.63) is 39.0 Å². The molecule has 0 fully saturated rings. The molecule has 2 aromatic rings. The average Bonchev–Trinajstić information content (AvgIpc) is 2.52. The topological polar surface area (TPSA) is 55.1 Å². The van der Waals surface area contributed by atoms with Crippen LogP contribution in [0.15, 0.2) is 16.6 Å². The van der Waals surface area contributed by atoms with Gasteiger partial charge in [-0.3, -0.25) is 4.68 Å². The molecule has 0 aliphatic rings. The minimum absolute atomic E-state index is 0.161. The Hall–Kier alpha value is -1.62. The Morgan fingerprint density at radius 1 is 1.26 bits per heavy atom. The maximum Gasteiger partial charge on any atom is 0.355 e. The number of carboxylic acid groups (broad SMARTS) is 1. The van der Waals surface area contributed by atoms with Crippen LogP contribution in [0, 0.1) is 20.8 Å². The number of rotatable bonds is 2. The molecule has 4 nitrogen and oxygen atoms in total. The van der Waals surface area contributed by atoms with E-state index in [0.717, 1.165) is 16.7 Å². The van der Waals surface area contributed by atoms with Crippen LogP contribution < -0.4 is 0 Å². The number of aryl methyl sites for hydroxylation is 4. The number of carbonyl (C=O) groups is 1. The molecule has 1 N–H and O–H groups in total. The summed E-state index contributed by atoms with van der Waals surface area (Å²) in [6.07, 6.45) is 0. The van der Waals surface area contributed by atoms with Crippen LogP contribution in [0.25, 0.3) is 11.3 Å². The maximum atomic E-state index is 11.2. The van der Waals surface area contributed by atoms with E-state index < -0.39 is 5.97 Å². The maximum absolute atomic E-state index is 11.2. The summed E-state index contributed by atoms with van der Waals surface area (Å²) in [4.78, 5) is 11.2. The molecule has 19 heavy (non-hydrogen) atoms. The molecule has 0 spiro atoms. The first-order valence-electron chi connectivity index (χ1n) is 5.87. The van der Waals surface area contributed by atoms with Crippen LogP contribution in [0.3, 0.4) is 0 Å². The third-order valence-corrected chi connectivity index (χ3v) is 3.86. The van der Waals surface area contributed by atoms with Crippen LogP contribution in [0.2, 0.25) is 0 Å². The van der Waals surface area contributed by atoms with Crippen LogP contribution in [-0.4, -0.2) is 20.9 Å². The van der Waals surface area contributed by atoms with Crippen molar-refractivity contribution >= 4 is 21.9 Å². The summed E-state index contributed by atoms with van der Waals surface area (Å²) in [6, 6.07) is 4.15. The van der Waals surface area contributed by atoms with Gasteiger partial charge in [-0.1, -0.05) is 17.7 Å². The van der Waals surface area contributed by atoms with Gasteiger partial charge in [0.15, 0.2) is 5.69 Å². The zero-order chi connectivity index (χ0) is 14.3. The van der Waals surface area contributed by atoms with Crippen LogP contribution >= 0.6 is 15.9 Å². The van der Waals surface area contributed by atoms with Gasteiger partial charge in [0, 0.05) is 12.6 Å². The van der Waals surface area contributed by atoms with Crippen molar-refractivity contribution in [2.45, 2.75) is 20.8 Å². The van der Waals surface area contributed by atoms with E-state index in [9.17, 15) is 9.90 Å². The smallest absolute Gasteiger partial charge is 0.355 e. The highest BCUT2D eigenvalue weighted by Crippen LogP contribution is 2.34. The summed E-state index contributed by atoms with van der Waals surface area (Å²) in [7, 11) is 1.64. The predicted molar refractivity (Wildman–Crippen MR) is 77.5 cm³/mol. The Morgan fingerprint density at radius 3 is 2.21 bits per heavy atom. The molecule has 0 radical (unpaired) electrons. The number of aromatic carboxylic acids is 1. The highest BCUT2D eigenvalue weighted by Gasteiger charge is 2.22. The predicted octanol–water partition coefficient (Wildman–Crippen LogP) is 3.47. The first-order valence-corrected chi connectivity index (χ1v) is 6.66. The normalized spacial score (nSPS) is 10.8. The first kappa shape index (κ1) is 13.8. The second kappa shape index (κ2) is 4.81. The third-order valence-electron chi connectivity index (χ3n) is 3.11. The quantitative estimate of drug-likeness (QED) is 0.921. The van der Waals surface area contributed by atoms with Gasteiger partial charge in [-0.2, -0.15) is 5.10 Å². The van der Waals surface area contributed by atoms with Gasteiger partial charge in [0.05, 0.1) is 4.47 Å². The van der Waals surface area contributed by atoms with Crippen LogP contribution in [0.5, 0.6) is 0 Å². The molecule has 5 heteroatoms. The van der Waals surface area contributed by atoms with Crippen molar-refractivity contribution in [2.75, 3.05) is 0 Å². The Morgan fingerprint density at radius 2 is 1.79 bits per heavy atom. The molecule has 0 aliphatic carbocycles. The average molecular weight is 323 g/mol. The van der Waals surface area contributed by atoms with Crippen LogP contribution in [-0.2, 0) is 7.05 Å². The lowest BCUT2D eigenvalue weighted by Gasteiger charge is -2.09. The molecule has 0 saturated carbocycles. The summed E-state index contributed by atoms with van der Waals surface area (Å²) in [5.41, 5.74) is 5.19. The number of hydrogen-bond acceptors (Lipinski definition) is 2. The Kier molecular flexibility index (Phi) is 3.49. The minimum atomic E-state index is -0.990. The number of aromatic nitrogens is 2. The van der Waals surface area contributed by atoms with Gasteiger partial charge in [0.25, 0.3) is 0 Å². The molecular formula is C14H15BrN2O2. The largest absolute Gasteiger partial charge is 0.476 e. The zero-order valence-electron chi connectivity index (χ0n) is 11.3. The van der Waals surface area contributed by atoms with E-state index in [1.165, 1.54) is 10.2 Å². The monoisotopic (exact) mass is 322 g/mol. The zero-order valence-corrected chi connectivity index (χ0v) is 12.9. The molecule has 0 saturated heterocycles. The van der Waals surface area contributed by atoms with Crippen molar-refractivity contribution in [3.63, 3.8) is 0 Å². The highest BCUT2D eigenvalue weighted by atomic mass is 79.9. The van der Waals surface area contributed by atoms with E-state index in [0.29, 0.717) is 10.2 Å². The Bertz CT molecular complexity index is 651. The molecule has 1 heterocycles. The van der Waals surface area contributed by atoms with E-state index in [4.69, 9.17) is 0 Å². The fourth-order valence-electron chi connectivity index (χ4n) is 2.44. The van der Waals surface area contributed by atoms with Gasteiger partial charge in [0.2, 0.25) is 0 Å². The van der Waals surface area contributed by atoms with Gasteiger partial charge < -0.3 is 5.11 Å². The highest BCUT2D eigenvalue weighted by molar-refractivity contribution is 9.10. The van der Waals surface area contributed by atoms with Gasteiger partial charge in [-0.15, -0.1) is 0 Å². The first-order chi connectivity index (χ1) is 8.82. The number of benzene rings is 1. The number of nitrogens with zero attached hydrogens (tertiary/aromatic N) is 2. The van der Waals surface area contributed by atoms with Crippen LogP contribution in [0.1, 0.15) is 27.2 Å². The summed E-state index contributed by atoms with van der Waals surface area (Å²) >= 11 is 3.36. The molecule has 0 amide bonds. The third kappa shape index (κ3) is 2.30. The molecule has 0 aliphatic heterocycles. The fourth-order valence-corrected chi connectivity index (χ4v) is 3.15. The van der Waals surface area contributed by atoms with E-state index in [-0.39, 0.29) is 5.69 Å². The molecule has 1 aromatic heterocycles. The summed E-state index contributed by atoms with van der Waals surface area (Å²) in [6.45, 7) is 6.06. The SMILES string of the molecule is Cc1cc(C)c(-c2nn(C)c(C(=O)O)c2Br)c(C)c1. The lowest BCUT2D eigenvalue weighted by Crippen LogP contribution is -2.05. The number of halogens is 1. The Labute approximate surface area is 120 Å². The van der Waals surface area contributed by atoms with E-state index in [1.54, 1.807) is 7.05 Å². The van der Waals surface area contributed by atoms with Crippen molar-refractivity contribution < 1.29 is 9.90 Å². The van der Waals surface area contributed by atoms with E-state index in [1.807, 2.05) is 20.8 Å². The second-order valence-corrected chi connectivity index (χ2v) is 5.51. The molecule has 100 valence electrons. The second-order valence-electron chi connectivity index (χ2n) is 4.71. The number of carboxylic acids is 1. The van der Waals surface area contributed by atoms with Gasteiger partial charge >= 0.3 is 5.97 Å². The van der Waals surface area contributed by atoms with Gasteiger partial charge in [-0.25, -0.2) is 4.79 Å². The molecule has 0 atom stereocenters. The molecule has 0 bridgehead atoms. The molecule has 0 unspecified atom stereocenters. The minimum Gasteiger partial charge on any atom is -0.476 e. The van der Waals surface area contributed by atoms with Gasteiger partial charge in [0.1, 0.15) is 5.69 Å². The van der Waals surface area contributed by atoms with Crippen molar-refractivity contribution in [3.8, 4) is 11.3 Å². The van der Waals surface area contributed by atoms with Crippen molar-refractivity contribution in [1.82, 2.24) is 9.78 Å². The van der Waals surface area contributed by atoms with E-state index in [2.05, 4.69) is 33.2 Å². The van der Waals surface area contributed by atoms with Gasteiger partial charge in [-0.05, 0) is 47.8 Å². The number of hydrogen-bond donors (Lipinski definition) is 1. The van der Waals surface area contributed by atoms with Crippen molar-refractivity contribution in [1.29, 1.82) is 0 Å². The summed E-state index contributed by atoms with van der Waals surface area (Å²) in [5.74, 6) is -0.990. The lowest BCUT2D eigenvalue weighted by atomic mass is 9.97. The van der Waals surface area contributed by atoms with Crippen LogP contribution in [0.4, 0.5) is 0 Å². The van der Waals surface area contributed by atoms with E-state index >= 15 is 0 Å². The standard InChI is InChI=1S/C14H15BrN2O2/c1-7-5-8(2)10(9(3)6-7)12-11(15)13(14(18)19)17(4)16-12/h5-6H,1-4H3,(H,18,19). The molecule has 1 aromatic carbocycles. The Balaban J connectivity index is 2.74. The molecule has 2 rings (SSSR count). The summed E-state index contributed by atoms with van der Waals surface area (Å²) < 4.78 is 1.91. The van der Waals surface area contributed by atoms with Crippen molar-refractivity contribution in [2.24, 2.45) is 7.05 Å². The summed E-state index contributed by atoms with van der Waals surface area (Å²) in [5, 5.41) is 13.5. The fraction of sp³-hybridized carbons (Fsp3) is 0.286.